The third-order valence-electron chi connectivity index (χ3n) is 4.01. The molecule has 1 aromatic heterocycles. The van der Waals surface area contributed by atoms with Crippen LogP contribution in [-0.4, -0.2) is 37.2 Å². The summed E-state index contributed by atoms with van der Waals surface area (Å²) in [6.45, 7) is 8.65. The highest BCUT2D eigenvalue weighted by atomic mass is 16.5. The Morgan fingerprint density at radius 2 is 2.10 bits per heavy atom. The van der Waals surface area contributed by atoms with E-state index < -0.39 is 0 Å². The molecule has 1 fully saturated rings. The molecule has 0 aliphatic carbocycles. The van der Waals surface area contributed by atoms with Crippen LogP contribution in [0.4, 0.5) is 0 Å². The third kappa shape index (κ3) is 3.12. The maximum atomic E-state index is 6.10. The van der Waals surface area contributed by atoms with Crippen molar-refractivity contribution >= 4 is 11.0 Å². The highest BCUT2D eigenvalue weighted by molar-refractivity contribution is 5.82. The Labute approximate surface area is 126 Å². The average Bonchev–Trinajstić information content (AvgIpc) is 2.76. The van der Waals surface area contributed by atoms with E-state index in [-0.39, 0.29) is 5.60 Å². The SMILES string of the molecule is CNCc1c(CN2CCOC(C)(C)C2)oc2ccccc12. The van der Waals surface area contributed by atoms with Crippen LogP contribution in [0.3, 0.4) is 0 Å². The van der Waals surface area contributed by atoms with Gasteiger partial charge < -0.3 is 14.5 Å². The number of hydrogen-bond acceptors (Lipinski definition) is 4. The molecule has 0 spiro atoms. The average molecular weight is 288 g/mol. The number of benzene rings is 1. The molecule has 1 aliphatic heterocycles. The van der Waals surface area contributed by atoms with Crippen LogP contribution < -0.4 is 5.32 Å². The van der Waals surface area contributed by atoms with Gasteiger partial charge in [0, 0.05) is 30.6 Å². The van der Waals surface area contributed by atoms with Gasteiger partial charge in [-0.15, -0.1) is 0 Å². The molecule has 21 heavy (non-hydrogen) atoms. The van der Waals surface area contributed by atoms with E-state index in [1.807, 2.05) is 19.2 Å². The first-order valence-electron chi connectivity index (χ1n) is 7.59. The van der Waals surface area contributed by atoms with Gasteiger partial charge >= 0.3 is 0 Å². The molecule has 0 atom stereocenters. The number of furan rings is 1. The second-order valence-corrected chi connectivity index (χ2v) is 6.35. The number of para-hydroxylation sites is 1. The maximum absolute atomic E-state index is 6.10. The number of rotatable bonds is 4. The van der Waals surface area contributed by atoms with Crippen molar-refractivity contribution in [1.82, 2.24) is 10.2 Å². The van der Waals surface area contributed by atoms with Gasteiger partial charge in [-0.05, 0) is 27.0 Å². The summed E-state index contributed by atoms with van der Waals surface area (Å²) in [4.78, 5) is 2.42. The van der Waals surface area contributed by atoms with Crippen LogP contribution in [-0.2, 0) is 17.8 Å². The number of hydrogen-bond donors (Lipinski definition) is 1. The van der Waals surface area contributed by atoms with E-state index in [0.717, 1.165) is 44.1 Å². The molecule has 1 aliphatic rings. The van der Waals surface area contributed by atoms with E-state index >= 15 is 0 Å². The molecule has 4 heteroatoms. The normalized spacial score (nSPS) is 19.2. The summed E-state index contributed by atoms with van der Waals surface area (Å²) >= 11 is 0. The molecule has 0 unspecified atom stereocenters. The van der Waals surface area contributed by atoms with Crippen molar-refractivity contribution < 1.29 is 9.15 Å². The molecule has 114 valence electrons. The minimum Gasteiger partial charge on any atom is -0.459 e. The number of fused-ring (bicyclic) bond motifs is 1. The molecule has 1 saturated heterocycles. The largest absolute Gasteiger partial charge is 0.459 e. The fourth-order valence-corrected chi connectivity index (χ4v) is 3.10. The lowest BCUT2D eigenvalue weighted by Gasteiger charge is -2.37. The molecule has 0 saturated carbocycles. The van der Waals surface area contributed by atoms with Gasteiger partial charge in [0.1, 0.15) is 11.3 Å². The van der Waals surface area contributed by atoms with Gasteiger partial charge in [0.05, 0.1) is 18.8 Å². The summed E-state index contributed by atoms with van der Waals surface area (Å²) in [6, 6.07) is 8.27. The molecule has 0 amide bonds. The molecular weight excluding hydrogens is 264 g/mol. The molecular formula is C17H24N2O2. The fraction of sp³-hybridized carbons (Fsp3) is 0.529. The number of nitrogens with one attached hydrogen (secondary N) is 1. The van der Waals surface area contributed by atoms with Crippen LogP contribution >= 0.6 is 0 Å². The molecule has 2 heterocycles. The molecule has 0 bridgehead atoms. The molecule has 4 nitrogen and oxygen atoms in total. The van der Waals surface area contributed by atoms with Crippen LogP contribution in [0, 0.1) is 0 Å². The highest BCUT2D eigenvalue weighted by Gasteiger charge is 2.28. The molecule has 0 radical (unpaired) electrons. The summed E-state index contributed by atoms with van der Waals surface area (Å²) in [5, 5.41) is 4.47. The monoisotopic (exact) mass is 288 g/mol. The Morgan fingerprint density at radius 1 is 1.29 bits per heavy atom. The van der Waals surface area contributed by atoms with Crippen LogP contribution in [0.2, 0.25) is 0 Å². The summed E-state index contributed by atoms with van der Waals surface area (Å²) in [6.07, 6.45) is 0. The molecule has 2 aromatic rings. The maximum Gasteiger partial charge on any atom is 0.134 e. The van der Waals surface area contributed by atoms with Crippen molar-refractivity contribution in [2.45, 2.75) is 32.5 Å². The first-order chi connectivity index (χ1) is 10.1. The smallest absolute Gasteiger partial charge is 0.134 e. The van der Waals surface area contributed by atoms with Crippen LogP contribution in [0.5, 0.6) is 0 Å². The van der Waals surface area contributed by atoms with Crippen molar-refractivity contribution in [2.75, 3.05) is 26.7 Å². The summed E-state index contributed by atoms with van der Waals surface area (Å²) in [7, 11) is 1.98. The highest BCUT2D eigenvalue weighted by Crippen LogP contribution is 2.28. The van der Waals surface area contributed by atoms with Gasteiger partial charge in [0.25, 0.3) is 0 Å². The molecule has 1 aromatic carbocycles. The predicted octanol–water partition coefficient (Wildman–Crippen LogP) is 2.76. The molecule has 3 rings (SSSR count). The minimum absolute atomic E-state index is 0.0760. The van der Waals surface area contributed by atoms with E-state index in [1.54, 1.807) is 0 Å². The Bertz CT molecular complexity index is 618. The van der Waals surface area contributed by atoms with Gasteiger partial charge in [-0.25, -0.2) is 0 Å². The lowest BCUT2D eigenvalue weighted by Crippen LogP contribution is -2.47. The van der Waals surface area contributed by atoms with Gasteiger partial charge in [-0.3, -0.25) is 4.90 Å². The molecule has 1 N–H and O–H groups in total. The number of ether oxygens (including phenoxy) is 1. The van der Waals surface area contributed by atoms with E-state index in [1.165, 1.54) is 10.9 Å². The lowest BCUT2D eigenvalue weighted by molar-refractivity contribution is -0.0894. The van der Waals surface area contributed by atoms with E-state index in [4.69, 9.17) is 9.15 Å². The van der Waals surface area contributed by atoms with Gasteiger partial charge in [0.2, 0.25) is 0 Å². The Morgan fingerprint density at radius 3 is 2.86 bits per heavy atom. The van der Waals surface area contributed by atoms with Crippen molar-refractivity contribution in [3.05, 3.63) is 35.6 Å². The topological polar surface area (TPSA) is 37.6 Å². The van der Waals surface area contributed by atoms with Gasteiger partial charge in [-0.1, -0.05) is 18.2 Å². The van der Waals surface area contributed by atoms with E-state index in [9.17, 15) is 0 Å². The Hall–Kier alpha value is -1.36. The van der Waals surface area contributed by atoms with Crippen molar-refractivity contribution in [1.29, 1.82) is 0 Å². The zero-order valence-electron chi connectivity index (χ0n) is 13.1. The second kappa shape index (κ2) is 5.79. The van der Waals surface area contributed by atoms with Crippen molar-refractivity contribution in [3.8, 4) is 0 Å². The summed E-state index contributed by atoms with van der Waals surface area (Å²) in [5.74, 6) is 1.07. The van der Waals surface area contributed by atoms with Crippen molar-refractivity contribution in [2.24, 2.45) is 0 Å². The van der Waals surface area contributed by atoms with E-state index in [2.05, 4.69) is 36.2 Å². The Balaban J connectivity index is 1.87. The van der Waals surface area contributed by atoms with Crippen LogP contribution in [0.1, 0.15) is 25.2 Å². The first kappa shape index (κ1) is 14.6. The number of morpholine rings is 1. The zero-order valence-corrected chi connectivity index (χ0v) is 13.1. The number of nitrogens with zero attached hydrogens (tertiary/aromatic N) is 1. The van der Waals surface area contributed by atoms with Gasteiger partial charge in [0.15, 0.2) is 0 Å². The predicted molar refractivity (Wildman–Crippen MR) is 84.3 cm³/mol. The fourth-order valence-electron chi connectivity index (χ4n) is 3.10. The zero-order chi connectivity index (χ0) is 14.9. The lowest BCUT2D eigenvalue weighted by atomic mass is 10.1. The standard InChI is InChI=1S/C17H24N2O2/c1-17(2)12-19(8-9-20-17)11-16-14(10-18-3)13-6-4-5-7-15(13)21-16/h4-7,18H,8-12H2,1-3H3. The van der Waals surface area contributed by atoms with Gasteiger partial charge in [-0.2, -0.15) is 0 Å². The second-order valence-electron chi connectivity index (χ2n) is 6.35. The van der Waals surface area contributed by atoms with Crippen molar-refractivity contribution in [3.63, 3.8) is 0 Å². The Kier molecular flexibility index (Phi) is 4.02. The summed E-state index contributed by atoms with van der Waals surface area (Å²) < 4.78 is 11.9. The summed E-state index contributed by atoms with van der Waals surface area (Å²) in [5.41, 5.74) is 2.18. The van der Waals surface area contributed by atoms with Crippen LogP contribution in [0.15, 0.2) is 28.7 Å². The first-order valence-corrected chi connectivity index (χ1v) is 7.59. The minimum atomic E-state index is -0.0760. The van der Waals surface area contributed by atoms with E-state index in [0.29, 0.717) is 0 Å². The quantitative estimate of drug-likeness (QED) is 0.939. The van der Waals surface area contributed by atoms with Crippen LogP contribution in [0.25, 0.3) is 11.0 Å². The third-order valence-corrected chi connectivity index (χ3v) is 4.01.